The standard InChI is InChI=1S/C13H19F2NO2/c1-3-8(2)12(17)11(16)9-4-6-10(7-5-9)18-13(14)15/h4-8,11-13,17H,3,16H2,1-2H3/t8?,11-,12+/m0/s1. The maximum Gasteiger partial charge on any atom is 0.387 e. The van der Waals surface area contributed by atoms with Crippen LogP contribution in [0.5, 0.6) is 5.75 Å². The second kappa shape index (κ2) is 6.66. The predicted molar refractivity (Wildman–Crippen MR) is 65.5 cm³/mol. The van der Waals surface area contributed by atoms with Crippen LogP contribution in [0, 0.1) is 5.92 Å². The molecule has 1 aromatic rings. The second-order valence-electron chi connectivity index (χ2n) is 4.35. The van der Waals surface area contributed by atoms with E-state index in [2.05, 4.69) is 4.74 Å². The molecule has 0 fully saturated rings. The Balaban J connectivity index is 2.72. The van der Waals surface area contributed by atoms with E-state index >= 15 is 0 Å². The summed E-state index contributed by atoms with van der Waals surface area (Å²) in [5, 5.41) is 9.98. The van der Waals surface area contributed by atoms with Crippen LogP contribution in [0.2, 0.25) is 0 Å². The van der Waals surface area contributed by atoms with Gasteiger partial charge < -0.3 is 15.6 Å². The summed E-state index contributed by atoms with van der Waals surface area (Å²) in [6, 6.07) is 5.50. The average Bonchev–Trinajstić information content (AvgIpc) is 2.36. The van der Waals surface area contributed by atoms with E-state index in [-0.39, 0.29) is 11.7 Å². The minimum absolute atomic E-state index is 0.0805. The third-order valence-electron chi connectivity index (χ3n) is 3.09. The Hall–Kier alpha value is -1.20. The van der Waals surface area contributed by atoms with Crippen LogP contribution in [-0.2, 0) is 0 Å². The fraction of sp³-hybridized carbons (Fsp3) is 0.538. The lowest BCUT2D eigenvalue weighted by molar-refractivity contribution is -0.0498. The molecular formula is C13H19F2NO2. The Morgan fingerprint density at radius 1 is 1.28 bits per heavy atom. The molecule has 0 spiro atoms. The van der Waals surface area contributed by atoms with Crippen LogP contribution >= 0.6 is 0 Å². The van der Waals surface area contributed by atoms with Gasteiger partial charge in [0.2, 0.25) is 0 Å². The highest BCUT2D eigenvalue weighted by Crippen LogP contribution is 2.24. The molecule has 0 aliphatic heterocycles. The summed E-state index contributed by atoms with van der Waals surface area (Å²) >= 11 is 0. The van der Waals surface area contributed by atoms with Crippen molar-refractivity contribution < 1.29 is 18.6 Å². The third-order valence-corrected chi connectivity index (χ3v) is 3.09. The van der Waals surface area contributed by atoms with E-state index in [1.807, 2.05) is 13.8 Å². The summed E-state index contributed by atoms with van der Waals surface area (Å²) in [7, 11) is 0. The van der Waals surface area contributed by atoms with E-state index in [4.69, 9.17) is 5.73 Å². The van der Waals surface area contributed by atoms with Crippen molar-refractivity contribution in [2.24, 2.45) is 11.7 Å². The minimum atomic E-state index is -2.84. The van der Waals surface area contributed by atoms with E-state index in [0.717, 1.165) is 6.42 Å². The van der Waals surface area contributed by atoms with Crippen molar-refractivity contribution in [3.05, 3.63) is 29.8 Å². The van der Waals surface area contributed by atoms with Crippen molar-refractivity contribution in [3.63, 3.8) is 0 Å². The van der Waals surface area contributed by atoms with Gasteiger partial charge in [0.05, 0.1) is 12.1 Å². The Morgan fingerprint density at radius 3 is 2.28 bits per heavy atom. The first-order chi connectivity index (χ1) is 8.45. The minimum Gasteiger partial charge on any atom is -0.435 e. The molecular weight excluding hydrogens is 240 g/mol. The number of nitrogens with two attached hydrogens (primary N) is 1. The first-order valence-electron chi connectivity index (χ1n) is 5.94. The van der Waals surface area contributed by atoms with Gasteiger partial charge in [0.25, 0.3) is 0 Å². The average molecular weight is 259 g/mol. The molecule has 102 valence electrons. The lowest BCUT2D eigenvalue weighted by atomic mass is 9.92. The Morgan fingerprint density at radius 2 is 1.83 bits per heavy atom. The van der Waals surface area contributed by atoms with Gasteiger partial charge in [-0.05, 0) is 23.6 Å². The number of alkyl halides is 2. The van der Waals surface area contributed by atoms with Gasteiger partial charge in [0.15, 0.2) is 0 Å². The normalized spacial score (nSPS) is 16.4. The van der Waals surface area contributed by atoms with E-state index in [1.165, 1.54) is 12.1 Å². The molecule has 3 atom stereocenters. The van der Waals surface area contributed by atoms with Crippen LogP contribution in [0.1, 0.15) is 31.9 Å². The molecule has 5 heteroatoms. The molecule has 0 saturated heterocycles. The van der Waals surface area contributed by atoms with Crippen molar-refractivity contribution in [1.29, 1.82) is 0 Å². The molecule has 3 N–H and O–H groups in total. The first kappa shape index (κ1) is 14.9. The number of hydrogen-bond donors (Lipinski definition) is 2. The van der Waals surface area contributed by atoms with Gasteiger partial charge in [-0.3, -0.25) is 0 Å². The Labute approximate surface area is 106 Å². The molecule has 0 bridgehead atoms. The van der Waals surface area contributed by atoms with Crippen LogP contribution < -0.4 is 10.5 Å². The van der Waals surface area contributed by atoms with Gasteiger partial charge in [0.1, 0.15) is 5.75 Å². The Bertz CT molecular complexity index is 357. The number of halogens is 2. The molecule has 3 nitrogen and oxygen atoms in total. The lowest BCUT2D eigenvalue weighted by Gasteiger charge is -2.24. The number of ether oxygens (including phenoxy) is 1. The molecule has 18 heavy (non-hydrogen) atoms. The molecule has 0 aromatic heterocycles. The van der Waals surface area contributed by atoms with Gasteiger partial charge in [-0.1, -0.05) is 32.4 Å². The fourth-order valence-electron chi connectivity index (χ4n) is 1.66. The van der Waals surface area contributed by atoms with Gasteiger partial charge in [0, 0.05) is 0 Å². The highest BCUT2D eigenvalue weighted by molar-refractivity contribution is 5.29. The predicted octanol–water partition coefficient (Wildman–Crippen LogP) is 2.69. The highest BCUT2D eigenvalue weighted by Gasteiger charge is 2.21. The van der Waals surface area contributed by atoms with Gasteiger partial charge in [-0.25, -0.2) is 0 Å². The van der Waals surface area contributed by atoms with Crippen molar-refractivity contribution in [2.45, 2.75) is 39.0 Å². The van der Waals surface area contributed by atoms with E-state index in [9.17, 15) is 13.9 Å². The van der Waals surface area contributed by atoms with Crippen molar-refractivity contribution in [3.8, 4) is 5.75 Å². The summed E-state index contributed by atoms with van der Waals surface area (Å²) in [5.74, 6) is 0.163. The van der Waals surface area contributed by atoms with Crippen molar-refractivity contribution in [2.75, 3.05) is 0 Å². The Kier molecular flexibility index (Phi) is 5.50. The summed E-state index contributed by atoms with van der Waals surface area (Å²) in [4.78, 5) is 0. The molecule has 0 radical (unpaired) electrons. The first-order valence-corrected chi connectivity index (χ1v) is 5.94. The van der Waals surface area contributed by atoms with Crippen molar-refractivity contribution >= 4 is 0 Å². The zero-order valence-corrected chi connectivity index (χ0v) is 10.5. The smallest absolute Gasteiger partial charge is 0.387 e. The van der Waals surface area contributed by atoms with Crippen LogP contribution in [0.3, 0.4) is 0 Å². The van der Waals surface area contributed by atoms with Gasteiger partial charge >= 0.3 is 6.61 Å². The van der Waals surface area contributed by atoms with Crippen LogP contribution in [-0.4, -0.2) is 17.8 Å². The quantitative estimate of drug-likeness (QED) is 0.825. The van der Waals surface area contributed by atoms with Gasteiger partial charge in [-0.2, -0.15) is 8.78 Å². The highest BCUT2D eigenvalue weighted by atomic mass is 19.3. The summed E-state index contributed by atoms with van der Waals surface area (Å²) in [6.07, 6.45) is 0.165. The summed E-state index contributed by atoms with van der Waals surface area (Å²) in [6.45, 7) is 1.05. The SMILES string of the molecule is CCC(C)[C@@H](O)[C@@H](N)c1ccc(OC(F)F)cc1. The zero-order chi connectivity index (χ0) is 13.7. The maximum absolute atomic E-state index is 12.0. The van der Waals surface area contributed by atoms with E-state index in [1.54, 1.807) is 12.1 Å². The largest absolute Gasteiger partial charge is 0.435 e. The lowest BCUT2D eigenvalue weighted by Crippen LogP contribution is -2.31. The molecule has 0 heterocycles. The molecule has 1 aromatic carbocycles. The number of hydrogen-bond acceptors (Lipinski definition) is 3. The molecule has 0 aliphatic carbocycles. The third kappa shape index (κ3) is 3.92. The monoisotopic (exact) mass is 259 g/mol. The van der Waals surface area contributed by atoms with Crippen LogP contribution in [0.4, 0.5) is 8.78 Å². The topological polar surface area (TPSA) is 55.5 Å². The molecule has 1 unspecified atom stereocenters. The van der Waals surface area contributed by atoms with Gasteiger partial charge in [-0.15, -0.1) is 0 Å². The maximum atomic E-state index is 12.0. The summed E-state index contributed by atoms with van der Waals surface area (Å²) in [5.41, 5.74) is 6.63. The number of benzene rings is 1. The molecule has 0 aliphatic rings. The van der Waals surface area contributed by atoms with E-state index < -0.39 is 18.8 Å². The number of aliphatic hydroxyl groups excluding tert-OH is 1. The second-order valence-corrected chi connectivity index (χ2v) is 4.35. The molecule has 0 saturated carbocycles. The van der Waals surface area contributed by atoms with Crippen LogP contribution in [0.25, 0.3) is 0 Å². The molecule has 0 amide bonds. The number of rotatable bonds is 6. The molecule has 1 rings (SSSR count). The zero-order valence-electron chi connectivity index (χ0n) is 10.5. The number of aliphatic hydroxyl groups is 1. The van der Waals surface area contributed by atoms with E-state index in [0.29, 0.717) is 5.56 Å². The summed E-state index contributed by atoms with van der Waals surface area (Å²) < 4.78 is 28.2. The van der Waals surface area contributed by atoms with Crippen LogP contribution in [0.15, 0.2) is 24.3 Å². The fourth-order valence-corrected chi connectivity index (χ4v) is 1.66. The van der Waals surface area contributed by atoms with Crippen molar-refractivity contribution in [1.82, 2.24) is 0 Å².